The molecule has 3 N–H and O–H groups in total. The summed E-state index contributed by atoms with van der Waals surface area (Å²) >= 11 is 0. The highest BCUT2D eigenvalue weighted by atomic mass is 16.5. The van der Waals surface area contributed by atoms with Crippen LogP contribution in [0.5, 0.6) is 0 Å². The molecular formula is C15H22N4O2. The number of fused-ring (bicyclic) bond motifs is 1. The van der Waals surface area contributed by atoms with E-state index in [4.69, 9.17) is 10.5 Å². The quantitative estimate of drug-likeness (QED) is 0.816. The van der Waals surface area contributed by atoms with Gasteiger partial charge in [-0.2, -0.15) is 0 Å². The summed E-state index contributed by atoms with van der Waals surface area (Å²) in [4.78, 5) is 6.84. The number of nitrogen functional groups attached to an aromatic ring is 1. The van der Waals surface area contributed by atoms with Gasteiger partial charge < -0.3 is 20.1 Å². The van der Waals surface area contributed by atoms with Crippen LogP contribution >= 0.6 is 0 Å². The van der Waals surface area contributed by atoms with Crippen molar-refractivity contribution in [3.8, 4) is 0 Å². The van der Waals surface area contributed by atoms with Gasteiger partial charge >= 0.3 is 0 Å². The number of likely N-dealkylation sites (N-methyl/N-ethyl adjacent to an activating group) is 1. The average molecular weight is 290 g/mol. The van der Waals surface area contributed by atoms with Crippen LogP contribution in [0.3, 0.4) is 0 Å². The van der Waals surface area contributed by atoms with Crippen LogP contribution in [0.15, 0.2) is 18.2 Å². The summed E-state index contributed by atoms with van der Waals surface area (Å²) < 4.78 is 7.90. The van der Waals surface area contributed by atoms with Gasteiger partial charge in [0.15, 0.2) is 0 Å². The number of benzene rings is 1. The van der Waals surface area contributed by atoms with Crippen LogP contribution in [-0.4, -0.2) is 51.9 Å². The van der Waals surface area contributed by atoms with E-state index in [2.05, 4.69) is 16.8 Å². The SMILES string of the molecule is CCN1CCOC(Cn2c(CO)nc3cc(N)ccc32)C1. The molecule has 0 spiro atoms. The monoisotopic (exact) mass is 290 g/mol. The lowest BCUT2D eigenvalue weighted by atomic mass is 10.2. The number of hydrogen-bond donors (Lipinski definition) is 2. The number of rotatable bonds is 4. The predicted octanol–water partition coefficient (Wildman–Crippen LogP) is 0.831. The normalized spacial score (nSPS) is 20.2. The van der Waals surface area contributed by atoms with Gasteiger partial charge in [0.1, 0.15) is 12.4 Å². The second-order valence-corrected chi connectivity index (χ2v) is 5.43. The first-order valence-electron chi connectivity index (χ1n) is 7.40. The number of nitrogens with zero attached hydrogens (tertiary/aromatic N) is 3. The van der Waals surface area contributed by atoms with Crippen LogP contribution in [0.2, 0.25) is 0 Å². The lowest BCUT2D eigenvalue weighted by molar-refractivity contribution is -0.0344. The van der Waals surface area contributed by atoms with Gasteiger partial charge in [0.05, 0.1) is 30.3 Å². The Morgan fingerprint density at radius 1 is 1.48 bits per heavy atom. The molecular weight excluding hydrogens is 268 g/mol. The molecule has 6 nitrogen and oxygen atoms in total. The molecule has 0 aliphatic carbocycles. The summed E-state index contributed by atoms with van der Waals surface area (Å²) in [6.07, 6.45) is 0.124. The zero-order valence-electron chi connectivity index (χ0n) is 12.3. The molecule has 0 amide bonds. The van der Waals surface area contributed by atoms with Gasteiger partial charge in [-0.25, -0.2) is 4.98 Å². The molecule has 1 atom stereocenters. The number of aliphatic hydroxyl groups excluding tert-OH is 1. The molecule has 0 radical (unpaired) electrons. The second-order valence-electron chi connectivity index (χ2n) is 5.43. The lowest BCUT2D eigenvalue weighted by Gasteiger charge is -2.32. The Kier molecular flexibility index (Phi) is 4.10. The van der Waals surface area contributed by atoms with E-state index in [-0.39, 0.29) is 12.7 Å². The molecule has 2 heterocycles. The van der Waals surface area contributed by atoms with E-state index < -0.39 is 0 Å². The standard InChI is InChI=1S/C15H22N4O2/c1-2-18-5-6-21-12(8-18)9-19-14-4-3-11(16)7-13(14)17-15(19)10-20/h3-4,7,12,20H,2,5-6,8-10,16H2,1H3. The zero-order chi connectivity index (χ0) is 14.8. The molecule has 0 bridgehead atoms. The molecule has 1 saturated heterocycles. The smallest absolute Gasteiger partial charge is 0.135 e. The molecule has 3 rings (SSSR count). The fourth-order valence-corrected chi connectivity index (χ4v) is 2.90. The molecule has 1 fully saturated rings. The molecule has 6 heteroatoms. The third kappa shape index (κ3) is 2.88. The molecule has 114 valence electrons. The largest absolute Gasteiger partial charge is 0.399 e. The van der Waals surface area contributed by atoms with Crippen LogP contribution in [0.25, 0.3) is 11.0 Å². The van der Waals surface area contributed by atoms with Gasteiger partial charge in [-0.3, -0.25) is 4.90 Å². The molecule has 1 aliphatic rings. The van der Waals surface area contributed by atoms with Gasteiger partial charge in [0, 0.05) is 18.8 Å². The Hall–Kier alpha value is -1.63. The maximum absolute atomic E-state index is 9.55. The Morgan fingerprint density at radius 3 is 3.10 bits per heavy atom. The van der Waals surface area contributed by atoms with Crippen molar-refractivity contribution in [3.05, 3.63) is 24.0 Å². The van der Waals surface area contributed by atoms with Gasteiger partial charge in [-0.05, 0) is 24.7 Å². The van der Waals surface area contributed by atoms with E-state index in [1.807, 2.05) is 22.8 Å². The summed E-state index contributed by atoms with van der Waals surface area (Å²) in [5.74, 6) is 0.660. The average Bonchev–Trinajstić information content (AvgIpc) is 2.84. The highest BCUT2D eigenvalue weighted by Gasteiger charge is 2.22. The van der Waals surface area contributed by atoms with Crippen molar-refractivity contribution in [3.63, 3.8) is 0 Å². The number of aromatic nitrogens is 2. The molecule has 0 saturated carbocycles. The molecule has 1 aromatic carbocycles. The molecule has 1 aliphatic heterocycles. The first-order chi connectivity index (χ1) is 10.2. The van der Waals surface area contributed by atoms with Crippen LogP contribution < -0.4 is 5.73 Å². The first-order valence-corrected chi connectivity index (χ1v) is 7.40. The van der Waals surface area contributed by atoms with Gasteiger partial charge in [0.25, 0.3) is 0 Å². The summed E-state index contributed by atoms with van der Waals surface area (Å²) in [7, 11) is 0. The number of aliphatic hydroxyl groups is 1. The number of anilines is 1. The van der Waals surface area contributed by atoms with Crippen molar-refractivity contribution < 1.29 is 9.84 Å². The van der Waals surface area contributed by atoms with Crippen LogP contribution in [0, 0.1) is 0 Å². The number of hydrogen-bond acceptors (Lipinski definition) is 5. The third-order valence-electron chi connectivity index (χ3n) is 4.05. The van der Waals surface area contributed by atoms with E-state index in [1.165, 1.54) is 0 Å². The van der Waals surface area contributed by atoms with Crippen molar-refractivity contribution in [1.82, 2.24) is 14.5 Å². The van der Waals surface area contributed by atoms with Crippen LogP contribution in [0.1, 0.15) is 12.7 Å². The summed E-state index contributed by atoms with van der Waals surface area (Å²) in [6.45, 7) is 6.47. The molecule has 2 aromatic rings. The number of morpholine rings is 1. The van der Waals surface area contributed by atoms with E-state index in [1.54, 1.807) is 0 Å². The van der Waals surface area contributed by atoms with Crippen LogP contribution in [-0.2, 0) is 17.9 Å². The summed E-state index contributed by atoms with van der Waals surface area (Å²) in [5.41, 5.74) is 8.30. The summed E-state index contributed by atoms with van der Waals surface area (Å²) in [5, 5.41) is 9.55. The number of imidazole rings is 1. The zero-order valence-corrected chi connectivity index (χ0v) is 12.3. The van der Waals surface area contributed by atoms with Gasteiger partial charge in [-0.1, -0.05) is 6.92 Å². The van der Waals surface area contributed by atoms with E-state index >= 15 is 0 Å². The lowest BCUT2D eigenvalue weighted by Crippen LogP contribution is -2.44. The second kappa shape index (κ2) is 6.01. The third-order valence-corrected chi connectivity index (χ3v) is 4.05. The number of ether oxygens (including phenoxy) is 1. The maximum atomic E-state index is 9.55. The minimum Gasteiger partial charge on any atom is -0.399 e. The van der Waals surface area contributed by atoms with Gasteiger partial charge in [-0.15, -0.1) is 0 Å². The Morgan fingerprint density at radius 2 is 2.33 bits per heavy atom. The highest BCUT2D eigenvalue weighted by Crippen LogP contribution is 2.21. The molecule has 1 unspecified atom stereocenters. The Balaban J connectivity index is 1.88. The minimum absolute atomic E-state index is 0.0845. The fourth-order valence-electron chi connectivity index (χ4n) is 2.90. The van der Waals surface area contributed by atoms with E-state index in [0.717, 1.165) is 37.3 Å². The molecule has 1 aromatic heterocycles. The van der Waals surface area contributed by atoms with Crippen molar-refractivity contribution in [2.24, 2.45) is 0 Å². The molecule has 21 heavy (non-hydrogen) atoms. The van der Waals surface area contributed by atoms with Crippen molar-refractivity contribution >= 4 is 16.7 Å². The van der Waals surface area contributed by atoms with Gasteiger partial charge in [0.2, 0.25) is 0 Å². The van der Waals surface area contributed by atoms with E-state index in [9.17, 15) is 5.11 Å². The van der Waals surface area contributed by atoms with E-state index in [0.29, 0.717) is 18.1 Å². The first kappa shape index (κ1) is 14.3. The van der Waals surface area contributed by atoms with Crippen LogP contribution in [0.4, 0.5) is 5.69 Å². The Bertz CT molecular complexity index is 625. The summed E-state index contributed by atoms with van der Waals surface area (Å²) in [6, 6.07) is 5.66. The fraction of sp³-hybridized carbons (Fsp3) is 0.533. The number of nitrogens with two attached hydrogens (primary N) is 1. The highest BCUT2D eigenvalue weighted by molar-refractivity contribution is 5.79. The topological polar surface area (TPSA) is 76.5 Å². The Labute approximate surface area is 124 Å². The van der Waals surface area contributed by atoms with Crippen molar-refractivity contribution in [1.29, 1.82) is 0 Å². The maximum Gasteiger partial charge on any atom is 0.135 e. The van der Waals surface area contributed by atoms with Crippen molar-refractivity contribution in [2.75, 3.05) is 32.0 Å². The predicted molar refractivity (Wildman–Crippen MR) is 81.9 cm³/mol. The minimum atomic E-state index is -0.0845. The van der Waals surface area contributed by atoms with Crippen molar-refractivity contribution in [2.45, 2.75) is 26.2 Å².